The summed E-state index contributed by atoms with van der Waals surface area (Å²) in [6, 6.07) is 37.7. The molecule has 0 bridgehead atoms. The number of hydrogen-bond acceptors (Lipinski definition) is 4. The third-order valence-electron chi connectivity index (χ3n) is 12.7. The van der Waals surface area contributed by atoms with Crippen molar-refractivity contribution in [1.82, 2.24) is 0 Å². The number of likely N-dealkylation sites (N-methyl/N-ethyl adjacent to an activating group) is 2. The molecule has 5 nitrogen and oxygen atoms in total. The van der Waals surface area contributed by atoms with E-state index in [0.717, 1.165) is 59.2 Å². The Hall–Kier alpha value is -4.79. The van der Waals surface area contributed by atoms with Gasteiger partial charge in [-0.15, -0.1) is 0 Å². The van der Waals surface area contributed by atoms with E-state index in [1.165, 1.54) is 39.4 Å². The standard InChI is InChI=1S/C53H54Cl2N3O2S2/c1-8-57-47-28-26-43(61(59)41-22-14-18-38(54)32-41)34-45(47)52(3,4)49(57)30-24-36-16-13-17-37(51(36)56(7)40-20-11-10-12-21-40)25-31-50-53(5,6)46-35-44(27-29-48(46)58(50)9-2)62(60)42-23-15-19-39(55)33-42/h10-12,14-15,18-35H,8-9,13,16-17H2,1-7H3/q+1. The highest BCUT2D eigenvalue weighted by Gasteiger charge is 2.41. The van der Waals surface area contributed by atoms with Gasteiger partial charge >= 0.3 is 0 Å². The molecule has 3 aliphatic rings. The molecule has 62 heavy (non-hydrogen) atoms. The average Bonchev–Trinajstić information content (AvgIpc) is 3.63. The van der Waals surface area contributed by atoms with Gasteiger partial charge in [0.25, 0.3) is 0 Å². The number of benzene rings is 5. The second-order valence-electron chi connectivity index (χ2n) is 17.1. The van der Waals surface area contributed by atoms with Crippen LogP contribution in [0.1, 0.15) is 71.9 Å². The monoisotopic (exact) mass is 898 g/mol. The second kappa shape index (κ2) is 17.8. The first-order valence-electron chi connectivity index (χ1n) is 21.4. The van der Waals surface area contributed by atoms with Crippen molar-refractivity contribution >= 4 is 67.6 Å². The van der Waals surface area contributed by atoms with Gasteiger partial charge in [-0.25, -0.2) is 8.42 Å². The maximum absolute atomic E-state index is 13.8. The van der Waals surface area contributed by atoms with Crippen molar-refractivity contribution in [2.24, 2.45) is 0 Å². The molecule has 1 saturated carbocycles. The van der Waals surface area contributed by atoms with E-state index in [1.807, 2.05) is 48.5 Å². The highest BCUT2D eigenvalue weighted by molar-refractivity contribution is 7.85. The quantitative estimate of drug-likeness (QED) is 0.138. The van der Waals surface area contributed by atoms with Crippen LogP contribution in [-0.4, -0.2) is 38.8 Å². The molecule has 1 aliphatic carbocycles. The molecule has 2 aliphatic heterocycles. The second-order valence-corrected chi connectivity index (χ2v) is 21.0. The summed E-state index contributed by atoms with van der Waals surface area (Å²) in [5.41, 5.74) is 11.4. The SMILES string of the molecule is CCN1C(=CC=C2CCC/C(=C\C=C3\N(CC)c4ccc(S(=O)c5cccc(Cl)c5)cc4C3(C)C)C2=[N+](C)c2ccccc2)C(C)(C)c2cc(S(=O)c3cccc(Cl)c3)ccc21. The Morgan fingerprint density at radius 1 is 0.581 bits per heavy atom. The summed E-state index contributed by atoms with van der Waals surface area (Å²) in [6.07, 6.45) is 12.3. The Morgan fingerprint density at radius 2 is 1.02 bits per heavy atom. The molecule has 2 heterocycles. The molecular weight excluding hydrogens is 846 g/mol. The Kier molecular flexibility index (Phi) is 12.6. The lowest BCUT2D eigenvalue weighted by Crippen LogP contribution is -2.26. The maximum atomic E-state index is 13.8. The van der Waals surface area contributed by atoms with Gasteiger partial charge in [0.15, 0.2) is 0 Å². The summed E-state index contributed by atoms with van der Waals surface area (Å²) >= 11 is 12.6. The van der Waals surface area contributed by atoms with Gasteiger partial charge in [0.2, 0.25) is 11.4 Å². The summed E-state index contributed by atoms with van der Waals surface area (Å²) < 4.78 is 29.9. The molecule has 0 saturated heterocycles. The minimum Gasteiger partial charge on any atom is -0.344 e. The molecule has 5 aromatic carbocycles. The van der Waals surface area contributed by atoms with Gasteiger partial charge in [0.05, 0.1) is 21.6 Å². The molecule has 0 spiro atoms. The number of anilines is 2. The summed E-state index contributed by atoms with van der Waals surface area (Å²) in [4.78, 5) is 7.74. The molecule has 5 aromatic rings. The Morgan fingerprint density at radius 3 is 1.44 bits per heavy atom. The molecule has 318 valence electrons. The topological polar surface area (TPSA) is 43.6 Å². The molecule has 9 heteroatoms. The van der Waals surface area contributed by atoms with E-state index in [2.05, 4.69) is 142 Å². The van der Waals surface area contributed by atoms with Crippen LogP contribution in [0.5, 0.6) is 0 Å². The van der Waals surface area contributed by atoms with Crippen LogP contribution in [0.3, 0.4) is 0 Å². The predicted molar refractivity (Wildman–Crippen MR) is 261 cm³/mol. The van der Waals surface area contributed by atoms with E-state index < -0.39 is 21.6 Å². The van der Waals surface area contributed by atoms with Crippen molar-refractivity contribution in [3.8, 4) is 0 Å². The molecule has 0 N–H and O–H groups in total. The summed E-state index contributed by atoms with van der Waals surface area (Å²) in [5, 5.41) is 1.16. The van der Waals surface area contributed by atoms with Gasteiger partial charge in [-0.3, -0.25) is 0 Å². The fourth-order valence-corrected chi connectivity index (χ4v) is 12.2. The smallest absolute Gasteiger partial charge is 0.211 e. The summed E-state index contributed by atoms with van der Waals surface area (Å²) in [6.45, 7) is 15.1. The first kappa shape index (κ1) is 43.8. The normalized spacial score (nSPS) is 21.1. The zero-order valence-corrected chi connectivity index (χ0v) is 39.7. The van der Waals surface area contributed by atoms with Crippen LogP contribution in [-0.2, 0) is 32.4 Å². The van der Waals surface area contributed by atoms with Crippen molar-refractivity contribution < 1.29 is 13.0 Å². The first-order chi connectivity index (χ1) is 29.7. The Labute approximate surface area is 382 Å². The fraction of sp³-hybridized carbons (Fsp3) is 0.264. The lowest BCUT2D eigenvalue weighted by atomic mass is 9.82. The minimum absolute atomic E-state index is 0.326. The molecule has 1 fully saturated rings. The molecule has 0 amide bonds. The minimum atomic E-state index is -1.35. The van der Waals surface area contributed by atoms with Crippen LogP contribution >= 0.6 is 23.2 Å². The predicted octanol–water partition coefficient (Wildman–Crippen LogP) is 13.5. The lowest BCUT2D eigenvalue weighted by molar-refractivity contribution is -0.404. The zero-order valence-electron chi connectivity index (χ0n) is 36.5. The van der Waals surface area contributed by atoms with Crippen molar-refractivity contribution in [2.75, 3.05) is 29.9 Å². The average molecular weight is 900 g/mol. The van der Waals surface area contributed by atoms with Crippen molar-refractivity contribution in [1.29, 1.82) is 0 Å². The molecule has 2 unspecified atom stereocenters. The number of fused-ring (bicyclic) bond motifs is 2. The van der Waals surface area contributed by atoms with Gasteiger partial charge < -0.3 is 9.80 Å². The van der Waals surface area contributed by atoms with E-state index in [4.69, 9.17) is 23.2 Å². The van der Waals surface area contributed by atoms with E-state index in [9.17, 15) is 8.42 Å². The molecule has 2 atom stereocenters. The van der Waals surface area contributed by atoms with Crippen LogP contribution in [0.25, 0.3) is 0 Å². The van der Waals surface area contributed by atoms with Gasteiger partial charge in [-0.2, -0.15) is 4.58 Å². The third kappa shape index (κ3) is 8.14. The third-order valence-corrected chi connectivity index (χ3v) is 15.9. The van der Waals surface area contributed by atoms with Gasteiger partial charge in [0.1, 0.15) is 7.05 Å². The number of para-hydroxylation sites is 1. The van der Waals surface area contributed by atoms with Crippen LogP contribution in [0.15, 0.2) is 182 Å². The van der Waals surface area contributed by atoms with Crippen molar-refractivity contribution in [2.45, 2.75) is 91.2 Å². The van der Waals surface area contributed by atoms with Gasteiger partial charge in [-0.05, 0) is 129 Å². The van der Waals surface area contributed by atoms with E-state index >= 15 is 0 Å². The van der Waals surface area contributed by atoms with Crippen LogP contribution in [0.4, 0.5) is 17.1 Å². The largest absolute Gasteiger partial charge is 0.344 e. The number of halogens is 2. The molecule has 8 rings (SSSR count). The van der Waals surface area contributed by atoms with Gasteiger partial charge in [-0.1, -0.05) is 93.4 Å². The number of hydrogen-bond donors (Lipinski definition) is 0. The lowest BCUT2D eigenvalue weighted by Gasteiger charge is -2.26. The fourth-order valence-electron chi connectivity index (χ4n) is 9.47. The first-order valence-corrected chi connectivity index (χ1v) is 24.5. The maximum Gasteiger partial charge on any atom is 0.211 e. The van der Waals surface area contributed by atoms with Crippen molar-refractivity contribution in [3.05, 3.63) is 183 Å². The highest BCUT2D eigenvalue weighted by Crippen LogP contribution is 2.50. The number of allylic oxidation sites excluding steroid dienone is 8. The molecular formula is C53H54Cl2N3O2S2+. The molecule has 0 radical (unpaired) electrons. The Bertz CT molecular complexity index is 2620. The van der Waals surface area contributed by atoms with Crippen LogP contribution in [0, 0.1) is 0 Å². The Balaban J connectivity index is 1.17. The highest BCUT2D eigenvalue weighted by atomic mass is 35.5. The van der Waals surface area contributed by atoms with E-state index in [-0.39, 0.29) is 10.8 Å². The molecule has 0 aromatic heterocycles. The van der Waals surface area contributed by atoms with Gasteiger partial charge in [0, 0.05) is 99.6 Å². The van der Waals surface area contributed by atoms with E-state index in [0.29, 0.717) is 19.8 Å². The zero-order chi connectivity index (χ0) is 43.9. The van der Waals surface area contributed by atoms with E-state index in [1.54, 1.807) is 12.1 Å². The number of nitrogens with zero attached hydrogens (tertiary/aromatic N) is 3. The van der Waals surface area contributed by atoms with Crippen molar-refractivity contribution in [3.63, 3.8) is 0 Å². The van der Waals surface area contributed by atoms with Crippen LogP contribution < -0.4 is 9.80 Å². The number of rotatable bonds is 9. The van der Waals surface area contributed by atoms with Crippen LogP contribution in [0.2, 0.25) is 10.0 Å². The summed E-state index contributed by atoms with van der Waals surface area (Å²) in [5.74, 6) is 0. The summed E-state index contributed by atoms with van der Waals surface area (Å²) in [7, 11) is -0.526.